The van der Waals surface area contributed by atoms with Crippen molar-refractivity contribution in [1.82, 2.24) is 10.3 Å². The van der Waals surface area contributed by atoms with E-state index in [2.05, 4.69) is 39.9 Å². The molecule has 0 bridgehead atoms. The molecule has 2 saturated heterocycles. The number of allylic oxidation sites excluding steroid dienone is 1. The van der Waals surface area contributed by atoms with Crippen molar-refractivity contribution >= 4 is 11.3 Å². The summed E-state index contributed by atoms with van der Waals surface area (Å²) in [6, 6.07) is 0.563. The van der Waals surface area contributed by atoms with Crippen LogP contribution in [-0.4, -0.2) is 29.3 Å². The number of aromatic nitrogens is 1. The Hall–Kier alpha value is -0.710. The molecule has 186 valence electrons. The van der Waals surface area contributed by atoms with Gasteiger partial charge in [-0.15, -0.1) is 11.3 Å². The Labute approximate surface area is 210 Å². The van der Waals surface area contributed by atoms with E-state index in [1.54, 1.807) is 10.5 Å². The molecule has 10 atom stereocenters. The van der Waals surface area contributed by atoms with Gasteiger partial charge in [-0.3, -0.25) is 0 Å². The second-order valence-corrected chi connectivity index (χ2v) is 14.9. The normalized spacial score (nSPS) is 49.8. The zero-order chi connectivity index (χ0) is 23.4. The van der Waals surface area contributed by atoms with E-state index < -0.39 is 0 Å². The molecule has 1 aromatic heterocycles. The summed E-state index contributed by atoms with van der Waals surface area (Å²) in [5.74, 6) is 4.79. The summed E-state index contributed by atoms with van der Waals surface area (Å²) in [5, 5.41) is 5.16. The molecule has 4 fully saturated rings. The molecule has 34 heavy (non-hydrogen) atoms. The van der Waals surface area contributed by atoms with Gasteiger partial charge in [0.1, 0.15) is 0 Å². The van der Waals surface area contributed by atoms with Crippen LogP contribution >= 0.6 is 11.3 Å². The van der Waals surface area contributed by atoms with Crippen molar-refractivity contribution in [3.05, 3.63) is 26.7 Å². The van der Waals surface area contributed by atoms with Crippen LogP contribution < -0.4 is 5.32 Å². The minimum Gasteiger partial charge on any atom is -0.369 e. The first-order chi connectivity index (χ1) is 16.3. The number of hydrogen-bond acceptors (Lipinski definition) is 4. The van der Waals surface area contributed by atoms with Crippen molar-refractivity contribution in [2.45, 2.75) is 110 Å². The van der Waals surface area contributed by atoms with Crippen LogP contribution in [-0.2, 0) is 17.6 Å². The van der Waals surface area contributed by atoms with Crippen LogP contribution in [0.25, 0.3) is 0 Å². The van der Waals surface area contributed by atoms with Crippen molar-refractivity contribution in [1.29, 1.82) is 0 Å². The zero-order valence-electron chi connectivity index (χ0n) is 22.0. The SMILES string of the molecule is CC1=C2C[C@H]3[C@@H](CC[C@@H]4Cc5nc(C)sc5C[C@@]43C)[C@@H]2CC[C@@]2(C1)O[C@@H]1C[C@H](C)CN[C@H]1[C@H]2C. The number of rotatable bonds is 0. The molecule has 7 rings (SSSR count). The standard InChI is InChI=1S/C30H44N2OS/c1-16-10-26-28(31-15-16)18(3)30(33-26)9-8-21-22-7-6-20-11-25-27(34-19(4)32-25)14-29(20,5)24(22)12-23(21)17(2)13-30/h16,18,20-22,24,26,28,31H,6-15H2,1-5H3/t16-,18+,20+,21-,22-,24-,26+,28-,29-,30-/m0/s1. The van der Waals surface area contributed by atoms with Gasteiger partial charge in [0, 0.05) is 16.8 Å². The van der Waals surface area contributed by atoms with Gasteiger partial charge in [-0.1, -0.05) is 31.9 Å². The van der Waals surface area contributed by atoms with E-state index >= 15 is 0 Å². The van der Waals surface area contributed by atoms with Crippen LogP contribution in [0, 0.1) is 47.8 Å². The van der Waals surface area contributed by atoms with Gasteiger partial charge in [-0.25, -0.2) is 4.98 Å². The molecule has 4 heteroatoms. The van der Waals surface area contributed by atoms with E-state index in [1.165, 1.54) is 68.5 Å². The first-order valence-electron chi connectivity index (χ1n) is 14.3. The van der Waals surface area contributed by atoms with E-state index in [-0.39, 0.29) is 5.60 Å². The third-order valence-corrected chi connectivity index (χ3v) is 12.9. The Morgan fingerprint density at radius 3 is 2.79 bits per heavy atom. The molecule has 3 heterocycles. The van der Waals surface area contributed by atoms with Crippen LogP contribution in [0.3, 0.4) is 0 Å². The number of piperidine rings is 1. The van der Waals surface area contributed by atoms with Crippen molar-refractivity contribution in [2.75, 3.05) is 6.54 Å². The minimum absolute atomic E-state index is 0.0737. The summed E-state index contributed by atoms with van der Waals surface area (Å²) in [5.41, 5.74) is 5.57. The van der Waals surface area contributed by atoms with Crippen LogP contribution in [0.4, 0.5) is 0 Å². The van der Waals surface area contributed by atoms with Crippen LogP contribution in [0.5, 0.6) is 0 Å². The Bertz CT molecular complexity index is 1030. The molecule has 0 amide bonds. The van der Waals surface area contributed by atoms with Crippen molar-refractivity contribution in [3.63, 3.8) is 0 Å². The number of thiazole rings is 1. The fourth-order valence-corrected chi connectivity index (χ4v) is 11.2. The van der Waals surface area contributed by atoms with E-state index in [0.717, 1.165) is 36.1 Å². The summed E-state index contributed by atoms with van der Waals surface area (Å²) >= 11 is 1.99. The average Bonchev–Trinajstić information content (AvgIpc) is 3.39. The van der Waals surface area contributed by atoms with Gasteiger partial charge >= 0.3 is 0 Å². The molecule has 0 unspecified atom stereocenters. The molecular formula is C30H44N2OS. The largest absolute Gasteiger partial charge is 0.369 e. The third-order valence-electron chi connectivity index (χ3n) is 11.9. The Kier molecular flexibility index (Phi) is 5.06. The maximum atomic E-state index is 7.07. The second kappa shape index (κ2) is 7.65. The highest BCUT2D eigenvalue weighted by Crippen LogP contribution is 2.64. The fraction of sp³-hybridized carbons (Fsp3) is 0.833. The van der Waals surface area contributed by atoms with E-state index in [1.807, 2.05) is 16.9 Å². The van der Waals surface area contributed by atoms with Crippen LogP contribution in [0.15, 0.2) is 11.1 Å². The zero-order valence-corrected chi connectivity index (χ0v) is 22.8. The maximum absolute atomic E-state index is 7.07. The summed E-state index contributed by atoms with van der Waals surface area (Å²) in [6.45, 7) is 13.4. The predicted octanol–water partition coefficient (Wildman–Crippen LogP) is 6.49. The molecule has 4 aliphatic carbocycles. The monoisotopic (exact) mass is 480 g/mol. The summed E-state index contributed by atoms with van der Waals surface area (Å²) < 4.78 is 7.07. The van der Waals surface area contributed by atoms with E-state index in [0.29, 0.717) is 23.5 Å². The highest BCUT2D eigenvalue weighted by Gasteiger charge is 2.59. The first kappa shape index (κ1) is 22.5. The molecule has 1 spiro atoms. The Balaban J connectivity index is 1.18. The number of fused-ring (bicyclic) bond motifs is 7. The van der Waals surface area contributed by atoms with E-state index in [4.69, 9.17) is 9.72 Å². The van der Waals surface area contributed by atoms with Crippen LogP contribution in [0.2, 0.25) is 0 Å². The topological polar surface area (TPSA) is 34.1 Å². The molecule has 2 saturated carbocycles. The highest BCUT2D eigenvalue weighted by atomic mass is 32.1. The maximum Gasteiger partial charge on any atom is 0.0900 e. The molecule has 0 radical (unpaired) electrons. The smallest absolute Gasteiger partial charge is 0.0900 e. The second-order valence-electron chi connectivity index (χ2n) is 13.7. The molecule has 2 aliphatic heterocycles. The Morgan fingerprint density at radius 2 is 1.94 bits per heavy atom. The van der Waals surface area contributed by atoms with E-state index in [9.17, 15) is 0 Å². The van der Waals surface area contributed by atoms with Crippen LogP contribution in [0.1, 0.15) is 88.2 Å². The summed E-state index contributed by atoms with van der Waals surface area (Å²) in [6.07, 6.45) is 12.2. The average molecular weight is 481 g/mol. The predicted molar refractivity (Wildman–Crippen MR) is 139 cm³/mol. The van der Waals surface area contributed by atoms with Gasteiger partial charge < -0.3 is 10.1 Å². The van der Waals surface area contributed by atoms with Gasteiger partial charge in [-0.05, 0) is 113 Å². The number of aryl methyl sites for hydroxylation is 1. The van der Waals surface area contributed by atoms with Crippen molar-refractivity contribution in [3.8, 4) is 0 Å². The third kappa shape index (κ3) is 3.10. The minimum atomic E-state index is 0.0737. The molecule has 1 aromatic rings. The Morgan fingerprint density at radius 1 is 1.09 bits per heavy atom. The lowest BCUT2D eigenvalue weighted by molar-refractivity contribution is -0.0733. The molecule has 1 N–H and O–H groups in total. The molecule has 0 aromatic carbocycles. The van der Waals surface area contributed by atoms with Gasteiger partial charge in [0.05, 0.1) is 22.4 Å². The number of hydrogen-bond donors (Lipinski definition) is 1. The molecular weight excluding hydrogens is 436 g/mol. The number of ether oxygens (including phenoxy) is 1. The lowest BCUT2D eigenvalue weighted by Gasteiger charge is -2.52. The van der Waals surface area contributed by atoms with Gasteiger partial charge in [-0.2, -0.15) is 0 Å². The van der Waals surface area contributed by atoms with Crippen molar-refractivity contribution < 1.29 is 4.74 Å². The van der Waals surface area contributed by atoms with Crippen molar-refractivity contribution in [2.24, 2.45) is 40.9 Å². The lowest BCUT2D eigenvalue weighted by Crippen LogP contribution is -2.48. The highest BCUT2D eigenvalue weighted by molar-refractivity contribution is 7.11. The van der Waals surface area contributed by atoms with Gasteiger partial charge in [0.25, 0.3) is 0 Å². The summed E-state index contributed by atoms with van der Waals surface area (Å²) in [4.78, 5) is 6.55. The number of nitrogens with one attached hydrogen (secondary N) is 1. The molecule has 6 aliphatic rings. The fourth-order valence-electron chi connectivity index (χ4n) is 10.1. The first-order valence-corrected chi connectivity index (χ1v) is 15.1. The number of nitrogens with zero attached hydrogens (tertiary/aromatic N) is 1. The van der Waals surface area contributed by atoms with Gasteiger partial charge in [0.2, 0.25) is 0 Å². The van der Waals surface area contributed by atoms with Gasteiger partial charge in [0.15, 0.2) is 0 Å². The quantitative estimate of drug-likeness (QED) is 0.431. The molecule has 3 nitrogen and oxygen atoms in total. The lowest BCUT2D eigenvalue weighted by atomic mass is 9.53. The summed E-state index contributed by atoms with van der Waals surface area (Å²) in [7, 11) is 0.